The van der Waals surface area contributed by atoms with E-state index in [0.29, 0.717) is 19.1 Å². The van der Waals surface area contributed by atoms with Crippen molar-refractivity contribution in [3.8, 4) is 5.75 Å². The molecule has 1 saturated carbocycles. The number of aliphatic carboxylic acids is 1. The minimum atomic E-state index is -0.796. The van der Waals surface area contributed by atoms with Gasteiger partial charge >= 0.3 is 5.97 Å². The van der Waals surface area contributed by atoms with Crippen LogP contribution in [-0.4, -0.2) is 29.8 Å². The summed E-state index contributed by atoms with van der Waals surface area (Å²) in [6.45, 7) is 4.51. The van der Waals surface area contributed by atoms with Crippen LogP contribution in [-0.2, 0) is 4.79 Å². The summed E-state index contributed by atoms with van der Waals surface area (Å²) in [5.41, 5.74) is 2.41. The highest BCUT2D eigenvalue weighted by atomic mass is 16.5. The van der Waals surface area contributed by atoms with E-state index in [-0.39, 0.29) is 0 Å². The van der Waals surface area contributed by atoms with E-state index in [0.717, 1.165) is 18.6 Å². The van der Waals surface area contributed by atoms with Crippen molar-refractivity contribution in [2.24, 2.45) is 0 Å². The van der Waals surface area contributed by atoms with Gasteiger partial charge in [-0.15, -0.1) is 0 Å². The Balaban J connectivity index is 1.80. The van der Waals surface area contributed by atoms with Gasteiger partial charge in [0.25, 0.3) is 0 Å². The third-order valence-electron chi connectivity index (χ3n) is 3.47. The molecule has 2 rings (SSSR count). The smallest absolute Gasteiger partial charge is 0.320 e. The third-order valence-corrected chi connectivity index (χ3v) is 3.47. The Morgan fingerprint density at radius 2 is 2.16 bits per heavy atom. The van der Waals surface area contributed by atoms with Crippen molar-refractivity contribution in [3.05, 3.63) is 29.3 Å². The first-order valence-corrected chi connectivity index (χ1v) is 6.75. The van der Waals surface area contributed by atoms with Gasteiger partial charge in [-0.1, -0.05) is 6.07 Å². The number of hydrogen-bond donors (Lipinski definition) is 2. The molecule has 2 N–H and O–H groups in total. The number of ether oxygens (including phenoxy) is 1. The Morgan fingerprint density at radius 1 is 1.42 bits per heavy atom. The standard InChI is InChI=1S/C15H21NO3/c1-10-3-6-13(9-11(10)2)19-8-7-14(15(17)18)16-12-4-5-12/h3,6,9,12,14,16H,4-5,7-8H2,1-2H3,(H,17,18). The lowest BCUT2D eigenvalue weighted by Crippen LogP contribution is -2.39. The first-order chi connectivity index (χ1) is 9.06. The molecule has 4 nitrogen and oxygen atoms in total. The van der Waals surface area contributed by atoms with E-state index in [2.05, 4.69) is 12.2 Å². The van der Waals surface area contributed by atoms with Crippen LogP contribution in [0.1, 0.15) is 30.4 Å². The minimum Gasteiger partial charge on any atom is -0.494 e. The van der Waals surface area contributed by atoms with Crippen molar-refractivity contribution in [1.82, 2.24) is 5.32 Å². The summed E-state index contributed by atoms with van der Waals surface area (Å²) in [7, 11) is 0. The zero-order chi connectivity index (χ0) is 13.8. The number of aryl methyl sites for hydroxylation is 2. The summed E-state index contributed by atoms with van der Waals surface area (Å²) in [6, 6.07) is 5.81. The summed E-state index contributed by atoms with van der Waals surface area (Å²) in [6.07, 6.45) is 2.66. The highest BCUT2D eigenvalue weighted by molar-refractivity contribution is 5.73. The van der Waals surface area contributed by atoms with E-state index >= 15 is 0 Å². The van der Waals surface area contributed by atoms with Gasteiger partial charge in [0.15, 0.2) is 0 Å². The lowest BCUT2D eigenvalue weighted by molar-refractivity contribution is -0.139. The number of nitrogens with one attached hydrogen (secondary N) is 1. The largest absolute Gasteiger partial charge is 0.494 e. The summed E-state index contributed by atoms with van der Waals surface area (Å²) in [5.74, 6) is 0.00856. The molecule has 19 heavy (non-hydrogen) atoms. The quantitative estimate of drug-likeness (QED) is 0.792. The molecule has 0 amide bonds. The highest BCUT2D eigenvalue weighted by Crippen LogP contribution is 2.20. The van der Waals surface area contributed by atoms with Crippen molar-refractivity contribution in [3.63, 3.8) is 0 Å². The lowest BCUT2D eigenvalue weighted by atomic mass is 10.1. The molecule has 0 heterocycles. The van der Waals surface area contributed by atoms with E-state index < -0.39 is 12.0 Å². The number of hydrogen-bond acceptors (Lipinski definition) is 3. The van der Waals surface area contributed by atoms with E-state index in [1.807, 2.05) is 25.1 Å². The van der Waals surface area contributed by atoms with Crippen LogP contribution in [0.25, 0.3) is 0 Å². The molecule has 0 spiro atoms. The van der Waals surface area contributed by atoms with Crippen molar-refractivity contribution in [2.45, 2.75) is 45.2 Å². The van der Waals surface area contributed by atoms with Gasteiger partial charge in [0, 0.05) is 12.5 Å². The van der Waals surface area contributed by atoms with Crippen LogP contribution in [0.15, 0.2) is 18.2 Å². The van der Waals surface area contributed by atoms with Gasteiger partial charge in [-0.3, -0.25) is 4.79 Å². The number of carboxylic acids is 1. The van der Waals surface area contributed by atoms with Gasteiger partial charge in [-0.05, 0) is 49.9 Å². The SMILES string of the molecule is Cc1ccc(OCCC(NC2CC2)C(=O)O)cc1C. The molecule has 1 aliphatic carbocycles. The van der Waals surface area contributed by atoms with Crippen LogP contribution >= 0.6 is 0 Å². The Morgan fingerprint density at radius 3 is 2.74 bits per heavy atom. The van der Waals surface area contributed by atoms with Crippen molar-refractivity contribution in [2.75, 3.05) is 6.61 Å². The second kappa shape index (κ2) is 6.06. The summed E-state index contributed by atoms with van der Waals surface area (Å²) < 4.78 is 5.62. The molecule has 4 heteroatoms. The fourth-order valence-corrected chi connectivity index (χ4v) is 1.91. The molecular weight excluding hydrogens is 242 g/mol. The average Bonchev–Trinajstić information content (AvgIpc) is 3.16. The van der Waals surface area contributed by atoms with Crippen LogP contribution < -0.4 is 10.1 Å². The van der Waals surface area contributed by atoms with Crippen molar-refractivity contribution < 1.29 is 14.6 Å². The van der Waals surface area contributed by atoms with E-state index in [4.69, 9.17) is 9.84 Å². The van der Waals surface area contributed by atoms with Crippen molar-refractivity contribution in [1.29, 1.82) is 0 Å². The molecule has 1 aliphatic rings. The maximum Gasteiger partial charge on any atom is 0.320 e. The van der Waals surface area contributed by atoms with Gasteiger partial charge in [0.05, 0.1) is 6.61 Å². The topological polar surface area (TPSA) is 58.6 Å². The molecule has 104 valence electrons. The fourth-order valence-electron chi connectivity index (χ4n) is 1.91. The predicted molar refractivity (Wildman–Crippen MR) is 73.6 cm³/mol. The zero-order valence-corrected chi connectivity index (χ0v) is 11.5. The van der Waals surface area contributed by atoms with E-state index in [9.17, 15) is 4.79 Å². The summed E-state index contributed by atoms with van der Waals surface area (Å²) >= 11 is 0. The Kier molecular flexibility index (Phi) is 4.43. The van der Waals surface area contributed by atoms with Crippen molar-refractivity contribution >= 4 is 5.97 Å². The second-order valence-corrected chi connectivity index (χ2v) is 5.21. The maximum atomic E-state index is 11.1. The molecule has 0 bridgehead atoms. The first kappa shape index (κ1) is 13.9. The third kappa shape index (κ3) is 4.24. The van der Waals surface area contributed by atoms with Gasteiger partial charge in [-0.25, -0.2) is 0 Å². The molecule has 1 aromatic rings. The molecule has 0 saturated heterocycles. The zero-order valence-electron chi connectivity index (χ0n) is 11.5. The monoisotopic (exact) mass is 263 g/mol. The normalized spacial score (nSPS) is 16.1. The molecule has 1 atom stereocenters. The second-order valence-electron chi connectivity index (χ2n) is 5.21. The number of benzene rings is 1. The Bertz CT molecular complexity index is 455. The van der Waals surface area contributed by atoms with E-state index in [1.165, 1.54) is 11.1 Å². The van der Waals surface area contributed by atoms with Crippen LogP contribution in [0, 0.1) is 13.8 Å². The molecule has 1 unspecified atom stereocenters. The maximum absolute atomic E-state index is 11.1. The molecular formula is C15H21NO3. The Labute approximate surface area is 113 Å². The Hall–Kier alpha value is -1.55. The van der Waals surface area contributed by atoms with Gasteiger partial charge in [0.1, 0.15) is 11.8 Å². The van der Waals surface area contributed by atoms with Crippen LogP contribution in [0.5, 0.6) is 5.75 Å². The molecule has 0 radical (unpaired) electrons. The minimum absolute atomic E-state index is 0.391. The van der Waals surface area contributed by atoms with Gasteiger partial charge in [0.2, 0.25) is 0 Å². The van der Waals surface area contributed by atoms with Gasteiger partial charge in [-0.2, -0.15) is 0 Å². The molecule has 1 aromatic carbocycles. The number of rotatable bonds is 7. The molecule has 0 aliphatic heterocycles. The highest BCUT2D eigenvalue weighted by Gasteiger charge is 2.27. The summed E-state index contributed by atoms with van der Waals surface area (Å²) in [5, 5.41) is 12.2. The van der Waals surface area contributed by atoms with E-state index in [1.54, 1.807) is 0 Å². The number of carbonyl (C=O) groups is 1. The molecule has 1 fully saturated rings. The lowest BCUT2D eigenvalue weighted by Gasteiger charge is -2.14. The van der Waals surface area contributed by atoms with Gasteiger partial charge < -0.3 is 15.2 Å². The van der Waals surface area contributed by atoms with Crippen LogP contribution in [0.2, 0.25) is 0 Å². The summed E-state index contributed by atoms with van der Waals surface area (Å²) in [4.78, 5) is 11.1. The average molecular weight is 263 g/mol. The van der Waals surface area contributed by atoms with Crippen LogP contribution in [0.4, 0.5) is 0 Å². The fraction of sp³-hybridized carbons (Fsp3) is 0.533. The number of carboxylic acid groups (broad SMARTS) is 1. The molecule has 0 aromatic heterocycles. The first-order valence-electron chi connectivity index (χ1n) is 6.75. The predicted octanol–water partition coefficient (Wildman–Crippen LogP) is 2.28. The van der Waals surface area contributed by atoms with Crippen LogP contribution in [0.3, 0.4) is 0 Å².